The molecule has 2 bridgehead atoms. The second kappa shape index (κ2) is 5.16. The fourth-order valence-corrected chi connectivity index (χ4v) is 3.10. The third kappa shape index (κ3) is 2.44. The summed E-state index contributed by atoms with van der Waals surface area (Å²) in [6.07, 6.45) is 4.18. The van der Waals surface area contributed by atoms with Gasteiger partial charge in [0.1, 0.15) is 6.54 Å². The van der Waals surface area contributed by atoms with Gasteiger partial charge in [0.2, 0.25) is 0 Å². The molecule has 3 atom stereocenters. The van der Waals surface area contributed by atoms with Crippen LogP contribution in [-0.4, -0.2) is 52.1 Å². The first-order valence-corrected chi connectivity index (χ1v) is 6.82. The third-order valence-electron chi connectivity index (χ3n) is 4.33. The first-order valence-electron chi connectivity index (χ1n) is 6.82. The molecule has 1 aliphatic carbocycles. The van der Waals surface area contributed by atoms with E-state index in [-0.39, 0.29) is 18.6 Å². The summed E-state index contributed by atoms with van der Waals surface area (Å²) in [7, 11) is 0. The number of rotatable bonds is 4. The highest BCUT2D eigenvalue weighted by Crippen LogP contribution is 2.38. The van der Waals surface area contributed by atoms with Gasteiger partial charge in [-0.05, 0) is 38.5 Å². The number of likely N-dealkylation sites (tertiary alicyclic amines) is 1. The maximum Gasteiger partial charge on any atom is 0.323 e. The molecule has 0 aromatic heterocycles. The molecule has 18 heavy (non-hydrogen) atoms. The number of carbonyl (C=O) groups excluding carboxylic acids is 1. The van der Waals surface area contributed by atoms with Gasteiger partial charge in [0.15, 0.2) is 0 Å². The third-order valence-corrected chi connectivity index (χ3v) is 4.33. The summed E-state index contributed by atoms with van der Waals surface area (Å²) in [5.41, 5.74) is 0. The molecule has 3 unspecified atom stereocenters. The first kappa shape index (κ1) is 13.2. The van der Waals surface area contributed by atoms with Crippen molar-refractivity contribution in [2.24, 2.45) is 5.92 Å². The van der Waals surface area contributed by atoms with Crippen molar-refractivity contribution in [3.05, 3.63) is 0 Å². The molecular weight excluding hydrogens is 232 g/mol. The molecular formula is C13H22N2O3. The normalized spacial score (nSPS) is 27.3. The molecule has 1 saturated heterocycles. The lowest BCUT2D eigenvalue weighted by Crippen LogP contribution is -2.51. The number of fused-ring (bicyclic) bond motifs is 2. The Morgan fingerprint density at radius 3 is 2.61 bits per heavy atom. The molecule has 0 aromatic carbocycles. The van der Waals surface area contributed by atoms with Crippen LogP contribution in [0.25, 0.3) is 0 Å². The summed E-state index contributed by atoms with van der Waals surface area (Å²) in [5, 5.41) is 8.94. The number of piperidine rings is 1. The fraction of sp³-hybridized carbons (Fsp3) is 0.846. The van der Waals surface area contributed by atoms with Gasteiger partial charge in [-0.25, -0.2) is 4.79 Å². The topological polar surface area (TPSA) is 60.9 Å². The van der Waals surface area contributed by atoms with Crippen LogP contribution in [0.3, 0.4) is 0 Å². The summed E-state index contributed by atoms with van der Waals surface area (Å²) in [6, 6.07) is 0.245. The maximum absolute atomic E-state index is 12.5. The second-order valence-corrected chi connectivity index (χ2v) is 5.55. The summed E-state index contributed by atoms with van der Waals surface area (Å²) in [6.45, 7) is 4.51. The predicted octanol–water partition coefficient (Wildman–Crippen LogP) is 1.78. The van der Waals surface area contributed by atoms with E-state index in [1.165, 1.54) is 11.3 Å². The van der Waals surface area contributed by atoms with Crippen molar-refractivity contribution < 1.29 is 14.7 Å². The molecule has 0 radical (unpaired) electrons. The minimum absolute atomic E-state index is 0.0206. The lowest BCUT2D eigenvalue weighted by atomic mass is 10.1. The summed E-state index contributed by atoms with van der Waals surface area (Å²) in [4.78, 5) is 26.8. The van der Waals surface area contributed by atoms with Gasteiger partial charge in [-0.3, -0.25) is 4.79 Å². The quantitative estimate of drug-likeness (QED) is 0.831. The van der Waals surface area contributed by atoms with Crippen LogP contribution in [0.1, 0.15) is 39.5 Å². The standard InChI is InChI=1S/C13H22N2O3/c1-3-9(2)14(8-12(16)17)13(18)15-7-10-4-5-11(15)6-10/h9-11H,3-8H2,1-2H3,(H,16,17). The van der Waals surface area contributed by atoms with E-state index in [9.17, 15) is 9.59 Å². The van der Waals surface area contributed by atoms with Gasteiger partial charge in [-0.1, -0.05) is 6.92 Å². The molecule has 2 fully saturated rings. The van der Waals surface area contributed by atoms with E-state index in [4.69, 9.17) is 5.11 Å². The van der Waals surface area contributed by atoms with Crippen LogP contribution < -0.4 is 0 Å². The number of hydrogen-bond donors (Lipinski definition) is 1. The monoisotopic (exact) mass is 254 g/mol. The number of aliphatic carboxylic acids is 1. The highest BCUT2D eigenvalue weighted by atomic mass is 16.4. The summed E-state index contributed by atoms with van der Waals surface area (Å²) >= 11 is 0. The molecule has 2 rings (SSSR count). The zero-order chi connectivity index (χ0) is 13.3. The van der Waals surface area contributed by atoms with Gasteiger partial charge >= 0.3 is 12.0 Å². The van der Waals surface area contributed by atoms with Crippen molar-refractivity contribution >= 4 is 12.0 Å². The molecule has 2 aliphatic rings. The van der Waals surface area contributed by atoms with E-state index in [0.717, 1.165) is 25.8 Å². The number of carboxylic acids is 1. The smallest absolute Gasteiger partial charge is 0.323 e. The Bertz CT molecular complexity index is 345. The highest BCUT2D eigenvalue weighted by Gasteiger charge is 2.42. The molecule has 0 aromatic rings. The van der Waals surface area contributed by atoms with Crippen molar-refractivity contribution in [3.63, 3.8) is 0 Å². The molecule has 1 heterocycles. The van der Waals surface area contributed by atoms with E-state index in [1.54, 1.807) is 0 Å². The largest absolute Gasteiger partial charge is 0.480 e. The second-order valence-electron chi connectivity index (χ2n) is 5.55. The van der Waals surface area contributed by atoms with Crippen LogP contribution in [0.2, 0.25) is 0 Å². The average Bonchev–Trinajstić information content (AvgIpc) is 2.96. The van der Waals surface area contributed by atoms with E-state index >= 15 is 0 Å². The van der Waals surface area contributed by atoms with Crippen LogP contribution in [0, 0.1) is 5.92 Å². The molecule has 102 valence electrons. The Morgan fingerprint density at radius 2 is 2.17 bits per heavy atom. The van der Waals surface area contributed by atoms with Crippen LogP contribution in [0.4, 0.5) is 4.79 Å². The molecule has 0 spiro atoms. The molecule has 1 N–H and O–H groups in total. The van der Waals surface area contributed by atoms with Crippen LogP contribution in [0.5, 0.6) is 0 Å². The number of amides is 2. The molecule has 1 aliphatic heterocycles. The highest BCUT2D eigenvalue weighted by molar-refractivity contribution is 5.81. The van der Waals surface area contributed by atoms with Crippen LogP contribution >= 0.6 is 0 Å². The van der Waals surface area contributed by atoms with Crippen molar-refractivity contribution in [2.75, 3.05) is 13.1 Å². The van der Waals surface area contributed by atoms with Crippen molar-refractivity contribution in [3.8, 4) is 0 Å². The number of carboxylic acid groups (broad SMARTS) is 1. The summed E-state index contributed by atoms with van der Waals surface area (Å²) < 4.78 is 0. The van der Waals surface area contributed by atoms with Crippen molar-refractivity contribution in [2.45, 2.75) is 51.6 Å². The minimum Gasteiger partial charge on any atom is -0.480 e. The van der Waals surface area contributed by atoms with Crippen molar-refractivity contribution in [1.29, 1.82) is 0 Å². The van der Waals surface area contributed by atoms with Gasteiger partial charge in [0.05, 0.1) is 0 Å². The Labute approximate surface area is 108 Å². The van der Waals surface area contributed by atoms with Gasteiger partial charge in [0, 0.05) is 18.6 Å². The number of hydrogen-bond acceptors (Lipinski definition) is 2. The number of urea groups is 1. The fourth-order valence-electron chi connectivity index (χ4n) is 3.10. The van der Waals surface area contributed by atoms with E-state index in [2.05, 4.69) is 0 Å². The Morgan fingerprint density at radius 1 is 1.44 bits per heavy atom. The van der Waals surface area contributed by atoms with E-state index in [0.29, 0.717) is 12.0 Å². The molecule has 1 saturated carbocycles. The van der Waals surface area contributed by atoms with E-state index in [1.807, 2.05) is 18.7 Å². The van der Waals surface area contributed by atoms with Gasteiger partial charge in [-0.2, -0.15) is 0 Å². The number of carbonyl (C=O) groups is 2. The number of nitrogens with zero attached hydrogens (tertiary/aromatic N) is 2. The Kier molecular flexibility index (Phi) is 3.78. The van der Waals surface area contributed by atoms with Gasteiger partial charge < -0.3 is 14.9 Å². The first-order chi connectivity index (χ1) is 8.52. The summed E-state index contributed by atoms with van der Waals surface area (Å²) in [5.74, 6) is -0.296. The lowest BCUT2D eigenvalue weighted by molar-refractivity contribution is -0.138. The minimum atomic E-state index is -0.937. The maximum atomic E-state index is 12.5. The average molecular weight is 254 g/mol. The van der Waals surface area contributed by atoms with Crippen LogP contribution in [0.15, 0.2) is 0 Å². The lowest BCUT2D eigenvalue weighted by Gasteiger charge is -2.35. The Hall–Kier alpha value is -1.26. The van der Waals surface area contributed by atoms with Gasteiger partial charge in [0.25, 0.3) is 0 Å². The predicted molar refractivity (Wildman–Crippen MR) is 67.3 cm³/mol. The Balaban J connectivity index is 2.05. The molecule has 5 heteroatoms. The molecule has 5 nitrogen and oxygen atoms in total. The van der Waals surface area contributed by atoms with Crippen molar-refractivity contribution in [1.82, 2.24) is 9.80 Å². The molecule has 2 amide bonds. The van der Waals surface area contributed by atoms with Gasteiger partial charge in [-0.15, -0.1) is 0 Å². The SMILES string of the molecule is CCC(C)N(CC(=O)O)C(=O)N1CC2CCC1C2. The van der Waals surface area contributed by atoms with Crippen LogP contribution in [-0.2, 0) is 4.79 Å². The van der Waals surface area contributed by atoms with E-state index < -0.39 is 5.97 Å². The zero-order valence-corrected chi connectivity index (χ0v) is 11.1. The zero-order valence-electron chi connectivity index (χ0n) is 11.1.